The van der Waals surface area contributed by atoms with Gasteiger partial charge in [-0.05, 0) is 17.9 Å². The Morgan fingerprint density at radius 3 is 2.68 bits per heavy atom. The van der Waals surface area contributed by atoms with Crippen LogP contribution in [0.4, 0.5) is 0 Å². The normalized spacial score (nSPS) is 33.5. The summed E-state index contributed by atoms with van der Waals surface area (Å²) in [6.45, 7) is 4.36. The van der Waals surface area contributed by atoms with Crippen LogP contribution in [0.1, 0.15) is 25.8 Å². The van der Waals surface area contributed by atoms with Gasteiger partial charge in [-0.25, -0.2) is 0 Å². The second-order valence-electron chi connectivity index (χ2n) is 5.88. The molecule has 3 heteroatoms. The minimum atomic E-state index is -0.112. The molecule has 0 spiro atoms. The molecule has 102 valence electrons. The van der Waals surface area contributed by atoms with Crippen molar-refractivity contribution >= 4 is 5.97 Å². The molecule has 2 aliphatic heterocycles. The average molecular weight is 260 g/mol. The van der Waals surface area contributed by atoms with E-state index in [1.54, 1.807) is 0 Å². The quantitative estimate of drug-likeness (QED) is 0.784. The number of hydrogen-bond donors (Lipinski definition) is 0. The van der Waals surface area contributed by atoms with Gasteiger partial charge in [-0.1, -0.05) is 44.2 Å². The van der Waals surface area contributed by atoms with E-state index in [2.05, 4.69) is 38.1 Å². The third-order valence-corrected chi connectivity index (χ3v) is 4.21. The summed E-state index contributed by atoms with van der Waals surface area (Å²) in [5.41, 5.74) is 1.28. The topological polar surface area (TPSA) is 35.5 Å². The fraction of sp³-hybridized carbons (Fsp3) is 0.562. The predicted molar refractivity (Wildman–Crippen MR) is 71.6 cm³/mol. The van der Waals surface area contributed by atoms with Crippen molar-refractivity contribution in [3.05, 3.63) is 35.9 Å². The van der Waals surface area contributed by atoms with Crippen LogP contribution in [-0.4, -0.2) is 24.3 Å². The zero-order valence-electron chi connectivity index (χ0n) is 11.4. The molecule has 4 atom stereocenters. The highest BCUT2D eigenvalue weighted by Gasteiger charge is 2.52. The smallest absolute Gasteiger partial charge is 0.308 e. The second-order valence-corrected chi connectivity index (χ2v) is 5.88. The van der Waals surface area contributed by atoms with E-state index in [1.807, 2.05) is 6.07 Å². The molecule has 0 amide bonds. The molecule has 0 saturated carbocycles. The number of ether oxygens (including phenoxy) is 2. The molecule has 0 N–H and O–H groups in total. The van der Waals surface area contributed by atoms with Gasteiger partial charge in [0.1, 0.15) is 12.2 Å². The maximum Gasteiger partial charge on any atom is 0.308 e. The number of rotatable bonds is 3. The molecule has 0 aliphatic carbocycles. The van der Waals surface area contributed by atoms with Crippen LogP contribution in [0.3, 0.4) is 0 Å². The van der Waals surface area contributed by atoms with E-state index < -0.39 is 0 Å². The summed E-state index contributed by atoms with van der Waals surface area (Å²) < 4.78 is 11.6. The minimum absolute atomic E-state index is 0.0337. The summed E-state index contributed by atoms with van der Waals surface area (Å²) in [6, 6.07) is 10.4. The summed E-state index contributed by atoms with van der Waals surface area (Å²) in [7, 11) is 0. The zero-order valence-corrected chi connectivity index (χ0v) is 11.4. The average Bonchev–Trinajstić information content (AvgIpc) is 2.85. The maximum absolute atomic E-state index is 11.4. The van der Waals surface area contributed by atoms with E-state index in [9.17, 15) is 4.79 Å². The lowest BCUT2D eigenvalue weighted by molar-refractivity contribution is -0.143. The minimum Gasteiger partial charge on any atom is -0.459 e. The van der Waals surface area contributed by atoms with Gasteiger partial charge in [-0.2, -0.15) is 0 Å². The van der Waals surface area contributed by atoms with Gasteiger partial charge >= 0.3 is 5.97 Å². The molecule has 0 bridgehead atoms. The van der Waals surface area contributed by atoms with E-state index in [-0.39, 0.29) is 24.3 Å². The summed E-state index contributed by atoms with van der Waals surface area (Å²) in [5.74, 6) is 0.644. The van der Waals surface area contributed by atoms with Crippen LogP contribution < -0.4 is 0 Å². The highest BCUT2D eigenvalue weighted by molar-refractivity contribution is 5.72. The van der Waals surface area contributed by atoms with E-state index in [4.69, 9.17) is 9.47 Å². The van der Waals surface area contributed by atoms with Gasteiger partial charge in [0.05, 0.1) is 12.5 Å². The lowest BCUT2D eigenvalue weighted by Gasteiger charge is -2.25. The van der Waals surface area contributed by atoms with Crippen molar-refractivity contribution in [3.8, 4) is 0 Å². The Morgan fingerprint density at radius 1 is 1.26 bits per heavy atom. The van der Waals surface area contributed by atoms with Crippen LogP contribution >= 0.6 is 0 Å². The Bertz CT molecular complexity index is 454. The van der Waals surface area contributed by atoms with Gasteiger partial charge in [0, 0.05) is 5.92 Å². The highest BCUT2D eigenvalue weighted by atomic mass is 16.6. The molecule has 3 nitrogen and oxygen atoms in total. The monoisotopic (exact) mass is 260 g/mol. The summed E-state index contributed by atoms with van der Waals surface area (Å²) in [6.07, 6.45) is 1.40. The molecule has 2 fully saturated rings. The van der Waals surface area contributed by atoms with Crippen LogP contribution in [0.25, 0.3) is 0 Å². The highest BCUT2D eigenvalue weighted by Crippen LogP contribution is 2.41. The Hall–Kier alpha value is -1.35. The standard InChI is InChI=1S/C16H20O3/c1-10(2)15-12(8-11-6-4-3-5-7-11)18-13-9-14(17)19-16(13)15/h3-7,10,12-13,15-16H,8-9H2,1-2H3/t12?,13-,15+,16+/m1/s1. The van der Waals surface area contributed by atoms with Gasteiger partial charge in [0.25, 0.3) is 0 Å². The number of hydrogen-bond acceptors (Lipinski definition) is 3. The molecule has 2 saturated heterocycles. The van der Waals surface area contributed by atoms with E-state index in [0.29, 0.717) is 18.3 Å². The number of fused-ring (bicyclic) bond motifs is 1. The third-order valence-electron chi connectivity index (χ3n) is 4.21. The van der Waals surface area contributed by atoms with Crippen molar-refractivity contribution in [2.24, 2.45) is 11.8 Å². The van der Waals surface area contributed by atoms with Crippen LogP contribution in [0.5, 0.6) is 0 Å². The molecule has 1 aromatic carbocycles. The summed E-state index contributed by atoms with van der Waals surface area (Å²) >= 11 is 0. The van der Waals surface area contributed by atoms with Gasteiger partial charge in [0.15, 0.2) is 0 Å². The first-order chi connectivity index (χ1) is 9.15. The fourth-order valence-corrected chi connectivity index (χ4v) is 3.37. The van der Waals surface area contributed by atoms with Crippen molar-refractivity contribution in [2.75, 3.05) is 0 Å². The SMILES string of the molecule is CC(C)[C@H]1C(Cc2ccccc2)O[C@@H]2CC(=O)O[C@H]12. The van der Waals surface area contributed by atoms with Crippen molar-refractivity contribution in [2.45, 2.75) is 45.0 Å². The first kappa shape index (κ1) is 12.7. The fourth-order valence-electron chi connectivity index (χ4n) is 3.37. The van der Waals surface area contributed by atoms with Crippen molar-refractivity contribution in [1.29, 1.82) is 0 Å². The number of esters is 1. The molecule has 1 unspecified atom stereocenters. The Labute approximate surface area is 113 Å². The largest absolute Gasteiger partial charge is 0.459 e. The third kappa shape index (κ3) is 2.39. The van der Waals surface area contributed by atoms with Crippen molar-refractivity contribution < 1.29 is 14.3 Å². The van der Waals surface area contributed by atoms with Gasteiger partial charge in [-0.3, -0.25) is 4.79 Å². The van der Waals surface area contributed by atoms with Crippen molar-refractivity contribution in [3.63, 3.8) is 0 Å². The van der Waals surface area contributed by atoms with E-state index in [1.165, 1.54) is 5.56 Å². The van der Waals surface area contributed by atoms with Gasteiger partial charge in [0.2, 0.25) is 0 Å². The maximum atomic E-state index is 11.4. The Balaban J connectivity index is 1.77. The molecule has 2 aliphatic rings. The van der Waals surface area contributed by atoms with Crippen LogP contribution in [0, 0.1) is 11.8 Å². The first-order valence-corrected chi connectivity index (χ1v) is 7.04. The lowest BCUT2D eigenvalue weighted by atomic mass is 9.84. The Morgan fingerprint density at radius 2 is 2.00 bits per heavy atom. The predicted octanol–water partition coefficient (Wildman–Crippen LogP) is 2.58. The molecule has 2 heterocycles. The molecule has 3 rings (SSSR count). The lowest BCUT2D eigenvalue weighted by Crippen LogP contribution is -2.32. The van der Waals surface area contributed by atoms with Crippen molar-refractivity contribution in [1.82, 2.24) is 0 Å². The zero-order chi connectivity index (χ0) is 13.4. The van der Waals surface area contributed by atoms with Crippen LogP contribution in [-0.2, 0) is 20.7 Å². The van der Waals surface area contributed by atoms with Crippen LogP contribution in [0.2, 0.25) is 0 Å². The Kier molecular flexibility index (Phi) is 3.31. The molecule has 19 heavy (non-hydrogen) atoms. The van der Waals surface area contributed by atoms with E-state index in [0.717, 1.165) is 6.42 Å². The summed E-state index contributed by atoms with van der Waals surface area (Å²) in [4.78, 5) is 11.4. The van der Waals surface area contributed by atoms with Gasteiger partial charge < -0.3 is 9.47 Å². The first-order valence-electron chi connectivity index (χ1n) is 7.04. The molecular weight excluding hydrogens is 240 g/mol. The molecular formula is C16H20O3. The van der Waals surface area contributed by atoms with E-state index >= 15 is 0 Å². The number of carbonyl (C=O) groups is 1. The number of benzene rings is 1. The number of carbonyl (C=O) groups excluding carboxylic acids is 1. The summed E-state index contributed by atoms with van der Waals surface area (Å²) in [5, 5.41) is 0. The van der Waals surface area contributed by atoms with Gasteiger partial charge in [-0.15, -0.1) is 0 Å². The molecule has 0 radical (unpaired) electrons. The molecule has 1 aromatic rings. The second kappa shape index (κ2) is 4.97. The molecule has 0 aromatic heterocycles. The van der Waals surface area contributed by atoms with Crippen LogP contribution in [0.15, 0.2) is 30.3 Å².